The Morgan fingerprint density at radius 1 is 1.15 bits per heavy atom. The molecule has 4 fully saturated rings. The largest absolute Gasteiger partial charge is 0.348 e. The molecule has 1 amide bonds. The zero-order valence-electron chi connectivity index (χ0n) is 16.0. The van der Waals surface area contributed by atoms with Crippen molar-refractivity contribution < 1.29 is 4.79 Å². The zero-order valence-corrected chi connectivity index (χ0v) is 16.0. The van der Waals surface area contributed by atoms with Crippen LogP contribution in [0, 0.1) is 23.2 Å². The van der Waals surface area contributed by atoms with Crippen molar-refractivity contribution in [2.24, 2.45) is 23.2 Å². The second kappa shape index (κ2) is 6.47. The van der Waals surface area contributed by atoms with Crippen LogP contribution < -0.4 is 5.32 Å². The number of aromatic nitrogens is 3. The molecule has 6 rings (SSSR count). The van der Waals surface area contributed by atoms with Gasteiger partial charge in [-0.25, -0.2) is 4.68 Å². The minimum absolute atomic E-state index is 0.0856. The molecule has 4 saturated carbocycles. The third-order valence-electron chi connectivity index (χ3n) is 7.31. The van der Waals surface area contributed by atoms with Gasteiger partial charge in [0.1, 0.15) is 0 Å². The molecule has 4 aliphatic rings. The highest BCUT2D eigenvalue weighted by Crippen LogP contribution is 2.61. The molecule has 0 aliphatic heterocycles. The van der Waals surface area contributed by atoms with Crippen LogP contribution >= 0.6 is 0 Å². The van der Waals surface area contributed by atoms with Gasteiger partial charge in [-0.2, -0.15) is 0 Å². The lowest BCUT2D eigenvalue weighted by Gasteiger charge is -2.59. The van der Waals surface area contributed by atoms with Crippen LogP contribution in [0.25, 0.3) is 0 Å². The number of benzene rings is 1. The maximum absolute atomic E-state index is 12.8. The molecule has 142 valence electrons. The van der Waals surface area contributed by atoms with Gasteiger partial charge in [0.15, 0.2) is 5.69 Å². The summed E-state index contributed by atoms with van der Waals surface area (Å²) in [7, 11) is 0. The zero-order chi connectivity index (χ0) is 18.4. The summed E-state index contributed by atoms with van der Waals surface area (Å²) in [6, 6.07) is 10.3. The fraction of sp³-hybridized carbons (Fsp3) is 0.591. The predicted molar refractivity (Wildman–Crippen MR) is 103 cm³/mol. The van der Waals surface area contributed by atoms with Crippen LogP contribution in [-0.2, 0) is 6.54 Å². The van der Waals surface area contributed by atoms with Gasteiger partial charge in [-0.1, -0.05) is 35.5 Å². The maximum Gasteiger partial charge on any atom is 0.273 e. The van der Waals surface area contributed by atoms with Gasteiger partial charge in [-0.3, -0.25) is 4.79 Å². The minimum Gasteiger partial charge on any atom is -0.348 e. The molecule has 1 heterocycles. The van der Waals surface area contributed by atoms with E-state index in [2.05, 4.69) is 34.7 Å². The van der Waals surface area contributed by atoms with E-state index in [-0.39, 0.29) is 11.9 Å². The van der Waals surface area contributed by atoms with Crippen LogP contribution in [0.2, 0.25) is 0 Å². The standard InChI is InChI=1S/C22H28N4O/c1-15(22-10-17-7-18(11-22)9-19(8-17)12-22)23-21(27)20-14-26(25-24-20)13-16-5-3-2-4-6-16/h2-6,14-15,17-19H,7-13H2,1H3,(H,23,27). The van der Waals surface area contributed by atoms with Gasteiger partial charge >= 0.3 is 0 Å². The highest BCUT2D eigenvalue weighted by molar-refractivity contribution is 5.92. The summed E-state index contributed by atoms with van der Waals surface area (Å²) >= 11 is 0. The summed E-state index contributed by atoms with van der Waals surface area (Å²) in [6.07, 6.45) is 9.91. The van der Waals surface area contributed by atoms with Gasteiger partial charge in [0.05, 0.1) is 12.7 Å². The predicted octanol–water partition coefficient (Wildman–Crippen LogP) is 3.66. The number of carbonyl (C=O) groups excluding carboxylic acids is 1. The van der Waals surface area contributed by atoms with Crippen molar-refractivity contribution >= 4 is 5.91 Å². The first kappa shape index (κ1) is 17.0. The van der Waals surface area contributed by atoms with Crippen LogP contribution in [0.5, 0.6) is 0 Å². The Hall–Kier alpha value is -2.17. The number of nitrogens with one attached hydrogen (secondary N) is 1. The van der Waals surface area contributed by atoms with Gasteiger partial charge in [0.2, 0.25) is 0 Å². The molecule has 4 bridgehead atoms. The number of hydrogen-bond donors (Lipinski definition) is 1. The van der Waals surface area contributed by atoms with Crippen LogP contribution in [0.1, 0.15) is 61.5 Å². The van der Waals surface area contributed by atoms with Crippen molar-refractivity contribution in [3.8, 4) is 0 Å². The Morgan fingerprint density at radius 2 is 1.78 bits per heavy atom. The van der Waals surface area contributed by atoms with Crippen molar-refractivity contribution in [2.75, 3.05) is 0 Å². The second-order valence-corrected chi connectivity index (χ2v) is 9.26. The molecule has 1 unspecified atom stereocenters. The van der Waals surface area contributed by atoms with Crippen LogP contribution in [-0.4, -0.2) is 26.9 Å². The summed E-state index contributed by atoms with van der Waals surface area (Å²) in [5.74, 6) is 2.59. The van der Waals surface area contributed by atoms with Crippen molar-refractivity contribution in [3.63, 3.8) is 0 Å². The number of amides is 1. The van der Waals surface area contributed by atoms with Gasteiger partial charge in [-0.05, 0) is 74.2 Å². The van der Waals surface area contributed by atoms with E-state index in [1.54, 1.807) is 10.9 Å². The van der Waals surface area contributed by atoms with E-state index in [0.717, 1.165) is 23.3 Å². The molecule has 0 spiro atoms. The smallest absolute Gasteiger partial charge is 0.273 e. The van der Waals surface area contributed by atoms with E-state index in [1.807, 2.05) is 18.2 Å². The molecule has 0 radical (unpaired) electrons. The molecule has 27 heavy (non-hydrogen) atoms. The highest BCUT2D eigenvalue weighted by atomic mass is 16.2. The number of hydrogen-bond acceptors (Lipinski definition) is 3. The van der Waals surface area contributed by atoms with Crippen LogP contribution in [0.4, 0.5) is 0 Å². The Labute approximate surface area is 160 Å². The maximum atomic E-state index is 12.8. The SMILES string of the molecule is CC(NC(=O)c1cn(Cc2ccccc2)nn1)C12CC3CC(CC(C3)C1)C2. The molecule has 4 aliphatic carbocycles. The molecule has 1 atom stereocenters. The van der Waals surface area contributed by atoms with Crippen LogP contribution in [0.15, 0.2) is 36.5 Å². The average molecular weight is 364 g/mol. The molecule has 1 aromatic heterocycles. The number of rotatable bonds is 5. The molecule has 5 nitrogen and oxygen atoms in total. The summed E-state index contributed by atoms with van der Waals surface area (Å²) in [5, 5.41) is 11.5. The topological polar surface area (TPSA) is 59.8 Å². The third-order valence-corrected chi connectivity index (χ3v) is 7.31. The minimum atomic E-state index is -0.0856. The van der Waals surface area contributed by atoms with Crippen LogP contribution in [0.3, 0.4) is 0 Å². The highest BCUT2D eigenvalue weighted by Gasteiger charge is 2.53. The number of carbonyl (C=O) groups is 1. The van der Waals surface area contributed by atoms with E-state index in [0.29, 0.717) is 17.7 Å². The van der Waals surface area contributed by atoms with Gasteiger partial charge < -0.3 is 5.32 Å². The lowest BCUT2D eigenvalue weighted by atomic mass is 9.48. The Balaban J connectivity index is 1.25. The molecule has 1 aromatic carbocycles. The van der Waals surface area contributed by atoms with E-state index in [4.69, 9.17) is 0 Å². The average Bonchev–Trinajstić information content (AvgIpc) is 3.10. The van der Waals surface area contributed by atoms with E-state index in [1.165, 1.54) is 38.5 Å². The Morgan fingerprint density at radius 3 is 2.41 bits per heavy atom. The molecule has 2 aromatic rings. The summed E-state index contributed by atoms with van der Waals surface area (Å²) < 4.78 is 1.74. The van der Waals surface area contributed by atoms with E-state index in [9.17, 15) is 4.79 Å². The molecular formula is C22H28N4O. The first-order valence-electron chi connectivity index (χ1n) is 10.3. The Kier molecular flexibility index (Phi) is 4.06. The summed E-state index contributed by atoms with van der Waals surface area (Å²) in [4.78, 5) is 12.8. The first-order valence-corrected chi connectivity index (χ1v) is 10.3. The monoisotopic (exact) mass is 364 g/mol. The molecule has 0 saturated heterocycles. The van der Waals surface area contributed by atoms with Crippen molar-refractivity contribution in [3.05, 3.63) is 47.8 Å². The lowest BCUT2D eigenvalue weighted by molar-refractivity contribution is -0.0688. The summed E-state index contributed by atoms with van der Waals surface area (Å²) in [6.45, 7) is 2.84. The fourth-order valence-corrected chi connectivity index (χ4v) is 6.38. The lowest BCUT2D eigenvalue weighted by Crippen LogP contribution is -2.55. The van der Waals surface area contributed by atoms with Gasteiger partial charge in [0.25, 0.3) is 5.91 Å². The number of nitrogens with zero attached hydrogens (tertiary/aromatic N) is 3. The van der Waals surface area contributed by atoms with Crippen molar-refractivity contribution in [1.82, 2.24) is 20.3 Å². The quantitative estimate of drug-likeness (QED) is 0.881. The third kappa shape index (κ3) is 3.17. The fourth-order valence-electron chi connectivity index (χ4n) is 6.38. The Bertz CT molecular complexity index is 793. The molecule has 5 heteroatoms. The van der Waals surface area contributed by atoms with Gasteiger partial charge in [-0.15, -0.1) is 5.10 Å². The second-order valence-electron chi connectivity index (χ2n) is 9.26. The normalized spacial score (nSPS) is 32.4. The van der Waals surface area contributed by atoms with Gasteiger partial charge in [0, 0.05) is 6.04 Å². The van der Waals surface area contributed by atoms with E-state index >= 15 is 0 Å². The first-order chi connectivity index (χ1) is 13.1. The molecular weight excluding hydrogens is 336 g/mol. The summed E-state index contributed by atoms with van der Waals surface area (Å²) in [5.41, 5.74) is 1.88. The van der Waals surface area contributed by atoms with E-state index < -0.39 is 0 Å². The van der Waals surface area contributed by atoms with Crippen molar-refractivity contribution in [2.45, 2.75) is 58.0 Å². The molecule has 1 N–H and O–H groups in total. The van der Waals surface area contributed by atoms with Crippen molar-refractivity contribution in [1.29, 1.82) is 0 Å².